The molecule has 0 unspecified atom stereocenters. The summed E-state index contributed by atoms with van der Waals surface area (Å²) in [6, 6.07) is 1.34. The Kier molecular flexibility index (Phi) is 5.41. The summed E-state index contributed by atoms with van der Waals surface area (Å²) in [6.07, 6.45) is -9.35. The van der Waals surface area contributed by atoms with E-state index in [4.69, 9.17) is 10.5 Å². The van der Waals surface area contributed by atoms with Crippen molar-refractivity contribution in [1.82, 2.24) is 0 Å². The molecule has 2 N–H and O–H groups in total. The van der Waals surface area contributed by atoms with Gasteiger partial charge >= 0.3 is 12.4 Å². The fourth-order valence-electron chi connectivity index (χ4n) is 1.41. The quantitative estimate of drug-likeness (QED) is 0.664. The van der Waals surface area contributed by atoms with E-state index in [-0.39, 0.29) is 24.8 Å². The minimum Gasteiger partial charge on any atom is -0.371 e. The van der Waals surface area contributed by atoms with Gasteiger partial charge in [-0.05, 0) is 36.7 Å². The minimum atomic E-state index is -4.85. The van der Waals surface area contributed by atoms with Crippen LogP contribution in [0.2, 0.25) is 0 Å². The molecule has 1 rings (SSSR count). The molecule has 1 aromatic carbocycles. The van der Waals surface area contributed by atoms with Gasteiger partial charge in [-0.2, -0.15) is 26.3 Å². The zero-order valence-electron chi connectivity index (χ0n) is 10.2. The van der Waals surface area contributed by atoms with Crippen LogP contribution in [-0.4, -0.2) is 6.54 Å². The average molecular weight is 300 g/mol. The van der Waals surface area contributed by atoms with Gasteiger partial charge in [-0.3, -0.25) is 0 Å². The minimum absolute atomic E-state index is 0.0765. The summed E-state index contributed by atoms with van der Waals surface area (Å²) in [5.74, 6) is 0. The van der Waals surface area contributed by atoms with Gasteiger partial charge in [-0.1, -0.05) is 0 Å². The number of benzene rings is 1. The van der Waals surface area contributed by atoms with E-state index >= 15 is 0 Å². The van der Waals surface area contributed by atoms with Gasteiger partial charge in [0.2, 0.25) is 0 Å². The summed E-state index contributed by atoms with van der Waals surface area (Å²) >= 11 is 0. The molecule has 0 bridgehead atoms. The zero-order chi connectivity index (χ0) is 15.4. The van der Waals surface area contributed by atoms with Gasteiger partial charge in [0.1, 0.15) is 0 Å². The molecule has 0 amide bonds. The summed E-state index contributed by atoms with van der Waals surface area (Å²) in [5.41, 5.74) is 2.24. The second-order valence-electron chi connectivity index (χ2n) is 3.97. The van der Waals surface area contributed by atoms with Gasteiger partial charge in [-0.15, -0.1) is 0 Å². The molecule has 0 aliphatic heterocycles. The van der Waals surface area contributed by atoms with Crippen LogP contribution in [0.3, 0.4) is 0 Å². The fourth-order valence-corrected chi connectivity index (χ4v) is 1.41. The lowest BCUT2D eigenvalue weighted by atomic mass is 10.1. The Morgan fingerprint density at radius 2 is 1.45 bits per heavy atom. The van der Waals surface area contributed by atoms with Crippen molar-refractivity contribution in [3.05, 3.63) is 41.5 Å². The molecule has 113 valence electrons. The Morgan fingerprint density at radius 3 is 1.85 bits per heavy atom. The van der Waals surface area contributed by atoms with Crippen LogP contribution in [0, 0.1) is 6.61 Å². The number of rotatable bonds is 5. The van der Waals surface area contributed by atoms with Crippen LogP contribution in [-0.2, 0) is 23.7 Å². The van der Waals surface area contributed by atoms with E-state index in [1.807, 2.05) is 0 Å². The second-order valence-corrected chi connectivity index (χ2v) is 3.97. The predicted molar refractivity (Wildman–Crippen MR) is 59.2 cm³/mol. The van der Waals surface area contributed by atoms with Crippen molar-refractivity contribution in [3.8, 4) is 0 Å². The third-order valence-corrected chi connectivity index (χ3v) is 2.30. The van der Waals surface area contributed by atoms with Crippen molar-refractivity contribution in [2.24, 2.45) is 5.73 Å². The Balaban J connectivity index is 2.99. The van der Waals surface area contributed by atoms with Crippen molar-refractivity contribution >= 4 is 0 Å². The van der Waals surface area contributed by atoms with Crippen LogP contribution in [0.25, 0.3) is 0 Å². The number of halogens is 6. The highest BCUT2D eigenvalue weighted by atomic mass is 19.4. The standard InChI is InChI=1S/C12H12F6NO/c13-11(14,15)9-4-8(7-20-3-1-2-19)5-10(6-9)12(16,17)18/h3-6H,1-2,7,19H2. The van der Waals surface area contributed by atoms with Gasteiger partial charge < -0.3 is 10.5 Å². The van der Waals surface area contributed by atoms with E-state index in [9.17, 15) is 26.3 Å². The Hall–Kier alpha value is -1.28. The summed E-state index contributed by atoms with van der Waals surface area (Å²) in [7, 11) is 0. The molecule has 0 atom stereocenters. The number of hydrogen-bond acceptors (Lipinski definition) is 2. The summed E-state index contributed by atoms with van der Waals surface area (Å²) in [5, 5.41) is 0. The lowest BCUT2D eigenvalue weighted by Gasteiger charge is -2.14. The van der Waals surface area contributed by atoms with Crippen LogP contribution >= 0.6 is 0 Å². The molecule has 1 radical (unpaired) electrons. The van der Waals surface area contributed by atoms with E-state index in [0.29, 0.717) is 18.6 Å². The van der Waals surface area contributed by atoms with Gasteiger partial charge in [0.15, 0.2) is 0 Å². The summed E-state index contributed by atoms with van der Waals surface area (Å²) in [4.78, 5) is 0. The first-order chi connectivity index (χ1) is 9.14. The Bertz CT molecular complexity index is 408. The van der Waals surface area contributed by atoms with Gasteiger partial charge in [0.25, 0.3) is 0 Å². The lowest BCUT2D eigenvalue weighted by molar-refractivity contribution is -0.143. The molecule has 0 saturated carbocycles. The average Bonchev–Trinajstić information content (AvgIpc) is 2.32. The number of alkyl halides is 6. The highest BCUT2D eigenvalue weighted by molar-refractivity contribution is 5.33. The van der Waals surface area contributed by atoms with E-state index in [0.717, 1.165) is 0 Å². The predicted octanol–water partition coefficient (Wildman–Crippen LogP) is 3.75. The number of ether oxygens (including phenoxy) is 1. The monoisotopic (exact) mass is 300 g/mol. The number of hydrogen-bond donors (Lipinski definition) is 1. The first-order valence-electron chi connectivity index (χ1n) is 5.56. The molecule has 0 spiro atoms. The molecule has 0 fully saturated rings. The molecule has 0 heterocycles. The second kappa shape index (κ2) is 6.45. The molecule has 0 aromatic heterocycles. The molecular weight excluding hydrogens is 288 g/mol. The molecule has 0 aliphatic carbocycles. The molecule has 0 saturated heterocycles. The van der Waals surface area contributed by atoms with Crippen molar-refractivity contribution in [2.45, 2.75) is 25.4 Å². The van der Waals surface area contributed by atoms with E-state index in [1.54, 1.807) is 0 Å². The fraction of sp³-hybridized carbons (Fsp3) is 0.417. The van der Waals surface area contributed by atoms with Gasteiger partial charge in [0.05, 0.1) is 24.3 Å². The Morgan fingerprint density at radius 1 is 0.950 bits per heavy atom. The van der Waals surface area contributed by atoms with Gasteiger partial charge in [0, 0.05) is 0 Å². The maximum absolute atomic E-state index is 12.5. The summed E-state index contributed by atoms with van der Waals surface area (Å²) < 4.78 is 80.1. The highest BCUT2D eigenvalue weighted by Crippen LogP contribution is 2.36. The smallest absolute Gasteiger partial charge is 0.371 e. The first-order valence-corrected chi connectivity index (χ1v) is 5.56. The maximum Gasteiger partial charge on any atom is 0.416 e. The molecule has 2 nitrogen and oxygen atoms in total. The van der Waals surface area contributed by atoms with Crippen LogP contribution in [0.15, 0.2) is 18.2 Å². The van der Waals surface area contributed by atoms with Crippen LogP contribution in [0.5, 0.6) is 0 Å². The van der Waals surface area contributed by atoms with Crippen molar-refractivity contribution in [3.63, 3.8) is 0 Å². The third-order valence-electron chi connectivity index (χ3n) is 2.30. The van der Waals surface area contributed by atoms with Crippen LogP contribution < -0.4 is 5.73 Å². The number of nitrogens with two attached hydrogens (primary N) is 1. The van der Waals surface area contributed by atoms with Gasteiger partial charge in [-0.25, -0.2) is 0 Å². The molecular formula is C12H12F6NO. The van der Waals surface area contributed by atoms with Crippen molar-refractivity contribution in [2.75, 3.05) is 6.54 Å². The molecule has 1 aromatic rings. The highest BCUT2D eigenvalue weighted by Gasteiger charge is 2.36. The van der Waals surface area contributed by atoms with E-state index < -0.39 is 23.5 Å². The largest absolute Gasteiger partial charge is 0.416 e. The molecule has 8 heteroatoms. The molecule has 0 aliphatic rings. The van der Waals surface area contributed by atoms with Crippen LogP contribution in [0.1, 0.15) is 23.1 Å². The lowest BCUT2D eigenvalue weighted by Crippen LogP contribution is -2.12. The SMILES string of the molecule is NCC[CH]OCc1cc(C(F)(F)F)cc(C(F)(F)F)c1. The van der Waals surface area contributed by atoms with Crippen LogP contribution in [0.4, 0.5) is 26.3 Å². The van der Waals surface area contributed by atoms with Crippen molar-refractivity contribution in [1.29, 1.82) is 0 Å². The Labute approximate surface area is 111 Å². The van der Waals surface area contributed by atoms with Crippen molar-refractivity contribution < 1.29 is 31.1 Å². The third kappa shape index (κ3) is 5.01. The van der Waals surface area contributed by atoms with E-state index in [1.165, 1.54) is 6.61 Å². The summed E-state index contributed by atoms with van der Waals surface area (Å²) in [6.45, 7) is 1.14. The van der Waals surface area contributed by atoms with E-state index in [2.05, 4.69) is 0 Å². The molecule has 20 heavy (non-hydrogen) atoms. The maximum atomic E-state index is 12.5. The zero-order valence-corrected chi connectivity index (χ0v) is 10.2. The normalized spacial score (nSPS) is 12.8. The topological polar surface area (TPSA) is 35.2 Å². The first kappa shape index (κ1) is 16.8.